The lowest BCUT2D eigenvalue weighted by molar-refractivity contribution is -0.119. The molecule has 1 heterocycles. The summed E-state index contributed by atoms with van der Waals surface area (Å²) in [4.78, 5) is 16.5. The van der Waals surface area contributed by atoms with Crippen LogP contribution in [0.2, 0.25) is 0 Å². The molecule has 1 aliphatic carbocycles. The molecule has 1 saturated carbocycles. The van der Waals surface area contributed by atoms with E-state index in [4.69, 9.17) is 4.74 Å². The molecule has 1 aliphatic rings. The number of hydrogen-bond acceptors (Lipinski definition) is 4. The molecule has 1 amide bonds. The lowest BCUT2D eigenvalue weighted by atomic mass is 10.2. The van der Waals surface area contributed by atoms with Gasteiger partial charge in [-0.1, -0.05) is 30.7 Å². The molecule has 0 spiro atoms. The van der Waals surface area contributed by atoms with E-state index in [1.54, 1.807) is 13.3 Å². The van der Waals surface area contributed by atoms with Crippen LogP contribution >= 0.6 is 11.8 Å². The second-order valence-corrected chi connectivity index (χ2v) is 7.04. The molecule has 0 bridgehead atoms. The average Bonchev–Trinajstić information content (AvgIpc) is 3.24. The number of rotatable bonds is 6. The molecule has 0 saturated heterocycles. The Morgan fingerprint density at radius 3 is 2.96 bits per heavy atom. The van der Waals surface area contributed by atoms with Gasteiger partial charge in [0, 0.05) is 18.4 Å². The molecule has 5 nitrogen and oxygen atoms in total. The number of ether oxygens (including phenoxy) is 1. The van der Waals surface area contributed by atoms with E-state index >= 15 is 0 Å². The number of benzene rings is 1. The molecule has 0 atom stereocenters. The smallest absolute Gasteiger partial charge is 0.230 e. The molecule has 1 aromatic carbocycles. The largest absolute Gasteiger partial charge is 0.495 e. The standard InChI is InChI=1S/C18H23N3O2S/c1-13-7-8-16(23-2)15(11-13)21-10-9-19-18(21)24-12-17(22)20-14-5-3-4-6-14/h7-11,14H,3-6,12H2,1-2H3,(H,20,22). The van der Waals surface area contributed by atoms with E-state index in [0.29, 0.717) is 11.8 Å². The normalized spacial score (nSPS) is 14.8. The minimum Gasteiger partial charge on any atom is -0.495 e. The van der Waals surface area contributed by atoms with E-state index in [-0.39, 0.29) is 5.91 Å². The topological polar surface area (TPSA) is 56.2 Å². The highest BCUT2D eigenvalue weighted by molar-refractivity contribution is 7.99. The first-order valence-electron chi connectivity index (χ1n) is 8.28. The summed E-state index contributed by atoms with van der Waals surface area (Å²) in [7, 11) is 1.66. The van der Waals surface area contributed by atoms with Crippen molar-refractivity contribution in [1.29, 1.82) is 0 Å². The minimum absolute atomic E-state index is 0.0812. The first-order chi connectivity index (χ1) is 11.7. The summed E-state index contributed by atoms with van der Waals surface area (Å²) >= 11 is 1.45. The van der Waals surface area contributed by atoms with Crippen molar-refractivity contribution in [2.45, 2.75) is 43.8 Å². The van der Waals surface area contributed by atoms with Gasteiger partial charge in [0.1, 0.15) is 5.75 Å². The maximum absolute atomic E-state index is 12.1. The Hall–Kier alpha value is -1.95. The van der Waals surface area contributed by atoms with Gasteiger partial charge in [0.25, 0.3) is 0 Å². The summed E-state index contributed by atoms with van der Waals surface area (Å²) in [5.41, 5.74) is 2.09. The number of thioether (sulfide) groups is 1. The minimum atomic E-state index is 0.0812. The third-order valence-corrected chi connectivity index (χ3v) is 5.22. The number of nitrogens with zero attached hydrogens (tertiary/aromatic N) is 2. The SMILES string of the molecule is COc1ccc(C)cc1-n1ccnc1SCC(=O)NC1CCCC1. The van der Waals surface area contributed by atoms with E-state index < -0.39 is 0 Å². The first-order valence-corrected chi connectivity index (χ1v) is 9.26. The van der Waals surface area contributed by atoms with Gasteiger partial charge in [0.2, 0.25) is 5.91 Å². The Kier molecular flexibility index (Phi) is 5.45. The number of aromatic nitrogens is 2. The van der Waals surface area contributed by atoms with Crippen LogP contribution in [0, 0.1) is 6.92 Å². The van der Waals surface area contributed by atoms with Gasteiger partial charge in [0.15, 0.2) is 5.16 Å². The van der Waals surface area contributed by atoms with Crippen LogP contribution in [0.5, 0.6) is 5.75 Å². The monoisotopic (exact) mass is 345 g/mol. The number of nitrogens with one attached hydrogen (secondary N) is 1. The van der Waals surface area contributed by atoms with Crippen LogP contribution in [0.1, 0.15) is 31.2 Å². The maximum Gasteiger partial charge on any atom is 0.230 e. The summed E-state index contributed by atoms with van der Waals surface area (Å²) in [5.74, 6) is 1.25. The van der Waals surface area contributed by atoms with Crippen molar-refractivity contribution >= 4 is 17.7 Å². The van der Waals surface area contributed by atoms with Crippen LogP contribution in [0.4, 0.5) is 0 Å². The van der Waals surface area contributed by atoms with Gasteiger partial charge in [-0.05, 0) is 37.5 Å². The molecule has 0 aliphatic heterocycles. The van der Waals surface area contributed by atoms with E-state index in [9.17, 15) is 4.79 Å². The summed E-state index contributed by atoms with van der Waals surface area (Å²) in [6, 6.07) is 6.38. The highest BCUT2D eigenvalue weighted by Crippen LogP contribution is 2.28. The predicted molar refractivity (Wildman–Crippen MR) is 96.0 cm³/mol. The van der Waals surface area contributed by atoms with Gasteiger partial charge in [-0.2, -0.15) is 0 Å². The Morgan fingerprint density at radius 1 is 1.42 bits per heavy atom. The van der Waals surface area contributed by atoms with E-state index in [1.165, 1.54) is 24.6 Å². The highest BCUT2D eigenvalue weighted by Gasteiger charge is 2.18. The van der Waals surface area contributed by atoms with Crippen LogP contribution < -0.4 is 10.1 Å². The summed E-state index contributed by atoms with van der Waals surface area (Å²) in [6.07, 6.45) is 8.29. The van der Waals surface area contributed by atoms with Crippen molar-refractivity contribution in [3.8, 4) is 11.4 Å². The molecule has 2 aromatic rings. The number of carbonyl (C=O) groups excluding carboxylic acids is 1. The highest BCUT2D eigenvalue weighted by atomic mass is 32.2. The van der Waals surface area contributed by atoms with Crippen LogP contribution in [-0.4, -0.2) is 34.4 Å². The zero-order valence-electron chi connectivity index (χ0n) is 14.1. The Bertz CT molecular complexity index is 708. The lowest BCUT2D eigenvalue weighted by Gasteiger charge is -2.14. The van der Waals surface area contributed by atoms with Crippen molar-refractivity contribution in [2.24, 2.45) is 0 Å². The first kappa shape index (κ1) is 16.9. The average molecular weight is 345 g/mol. The lowest BCUT2D eigenvalue weighted by Crippen LogP contribution is -2.33. The molecular weight excluding hydrogens is 322 g/mol. The van der Waals surface area contributed by atoms with Gasteiger partial charge in [0.05, 0.1) is 18.6 Å². The van der Waals surface area contributed by atoms with Gasteiger partial charge in [-0.25, -0.2) is 4.98 Å². The number of hydrogen-bond donors (Lipinski definition) is 1. The fourth-order valence-corrected chi connectivity index (χ4v) is 3.81. The molecule has 1 fully saturated rings. The third-order valence-electron chi connectivity index (χ3n) is 4.25. The predicted octanol–water partition coefficient (Wildman–Crippen LogP) is 3.34. The van der Waals surface area contributed by atoms with Crippen molar-refractivity contribution in [1.82, 2.24) is 14.9 Å². The molecule has 0 unspecified atom stereocenters. The van der Waals surface area contributed by atoms with Gasteiger partial charge in [-0.15, -0.1) is 0 Å². The van der Waals surface area contributed by atoms with E-state index in [1.807, 2.05) is 29.8 Å². The number of methoxy groups -OCH3 is 1. The Balaban J connectivity index is 1.69. The van der Waals surface area contributed by atoms with Crippen molar-refractivity contribution in [3.63, 3.8) is 0 Å². The molecule has 24 heavy (non-hydrogen) atoms. The Labute approximate surface area is 146 Å². The third kappa shape index (κ3) is 3.93. The summed E-state index contributed by atoms with van der Waals surface area (Å²) in [5, 5.41) is 3.90. The van der Waals surface area contributed by atoms with Gasteiger partial charge in [-0.3, -0.25) is 9.36 Å². The quantitative estimate of drug-likeness (QED) is 0.816. The number of carbonyl (C=O) groups is 1. The fourth-order valence-electron chi connectivity index (χ4n) is 3.04. The van der Waals surface area contributed by atoms with Gasteiger partial charge >= 0.3 is 0 Å². The number of aryl methyl sites for hydroxylation is 1. The Morgan fingerprint density at radius 2 is 2.21 bits per heavy atom. The fraction of sp³-hybridized carbons (Fsp3) is 0.444. The zero-order chi connectivity index (χ0) is 16.9. The molecule has 128 valence electrons. The maximum atomic E-state index is 12.1. The van der Waals surface area contributed by atoms with Gasteiger partial charge < -0.3 is 10.1 Å². The van der Waals surface area contributed by atoms with Crippen LogP contribution in [-0.2, 0) is 4.79 Å². The molecule has 1 N–H and O–H groups in total. The molecule has 6 heteroatoms. The van der Waals surface area contributed by atoms with Crippen LogP contribution in [0.25, 0.3) is 5.69 Å². The van der Waals surface area contributed by atoms with Crippen LogP contribution in [0.3, 0.4) is 0 Å². The zero-order valence-corrected chi connectivity index (χ0v) is 14.9. The van der Waals surface area contributed by atoms with E-state index in [0.717, 1.165) is 35.0 Å². The van der Waals surface area contributed by atoms with Crippen molar-refractivity contribution in [2.75, 3.05) is 12.9 Å². The molecule has 3 rings (SSSR count). The molecule has 0 radical (unpaired) electrons. The summed E-state index contributed by atoms with van der Waals surface area (Å²) < 4.78 is 7.43. The summed E-state index contributed by atoms with van der Waals surface area (Å²) in [6.45, 7) is 2.04. The molecule has 1 aromatic heterocycles. The number of amides is 1. The van der Waals surface area contributed by atoms with Crippen molar-refractivity contribution < 1.29 is 9.53 Å². The molecular formula is C18H23N3O2S. The second-order valence-electron chi connectivity index (χ2n) is 6.09. The number of imidazole rings is 1. The second kappa shape index (κ2) is 7.75. The van der Waals surface area contributed by atoms with Crippen LogP contribution in [0.15, 0.2) is 35.7 Å². The van der Waals surface area contributed by atoms with Crippen molar-refractivity contribution in [3.05, 3.63) is 36.2 Å². The van der Waals surface area contributed by atoms with E-state index in [2.05, 4.69) is 16.4 Å².